The molecule has 0 unspecified atom stereocenters. The van der Waals surface area contributed by atoms with E-state index in [4.69, 9.17) is 4.42 Å². The Bertz CT molecular complexity index is 299. The van der Waals surface area contributed by atoms with Crippen molar-refractivity contribution in [3.05, 3.63) is 23.7 Å². The minimum Gasteiger partial charge on any atom is -0.469 e. The minimum absolute atomic E-state index is 0.104. The summed E-state index contributed by atoms with van der Waals surface area (Å²) in [6.07, 6.45) is 2.69. The van der Waals surface area contributed by atoms with Gasteiger partial charge in [0.15, 0.2) is 0 Å². The van der Waals surface area contributed by atoms with Gasteiger partial charge in [-0.15, -0.1) is 0 Å². The molecule has 2 heterocycles. The summed E-state index contributed by atoms with van der Waals surface area (Å²) < 4.78 is 5.06. The van der Waals surface area contributed by atoms with Gasteiger partial charge in [0.1, 0.15) is 5.76 Å². The Kier molecular flexibility index (Phi) is 1.64. The lowest BCUT2D eigenvalue weighted by atomic mass is 10.1. The highest BCUT2D eigenvalue weighted by atomic mass is 16.3. The Hall–Kier alpha value is -1.25. The highest BCUT2D eigenvalue weighted by molar-refractivity contribution is 5.95. The monoisotopic (exact) mass is 165 g/mol. The molecule has 1 aliphatic heterocycles. The van der Waals surface area contributed by atoms with Crippen LogP contribution in [0.4, 0.5) is 0 Å². The largest absolute Gasteiger partial charge is 0.469 e. The summed E-state index contributed by atoms with van der Waals surface area (Å²) in [5.41, 5.74) is 0.703. The Morgan fingerprint density at radius 2 is 2.33 bits per heavy atom. The van der Waals surface area contributed by atoms with E-state index >= 15 is 0 Å². The number of hydrogen-bond acceptors (Lipinski definition) is 2. The second-order valence-corrected chi connectivity index (χ2v) is 3.04. The number of amides is 1. The normalized spacial score (nSPS) is 15.9. The van der Waals surface area contributed by atoms with E-state index in [1.54, 1.807) is 12.3 Å². The first-order valence-corrected chi connectivity index (χ1v) is 4.12. The first kappa shape index (κ1) is 7.40. The summed E-state index contributed by atoms with van der Waals surface area (Å²) in [4.78, 5) is 13.4. The molecule has 1 amide bonds. The summed E-state index contributed by atoms with van der Waals surface area (Å²) in [7, 11) is 0. The second-order valence-electron chi connectivity index (χ2n) is 3.04. The van der Waals surface area contributed by atoms with E-state index in [0.717, 1.165) is 19.5 Å². The molecule has 1 aromatic heterocycles. The molecule has 0 bridgehead atoms. The number of carbonyl (C=O) groups is 1. The van der Waals surface area contributed by atoms with Crippen molar-refractivity contribution in [3.63, 3.8) is 0 Å². The van der Waals surface area contributed by atoms with Gasteiger partial charge in [-0.25, -0.2) is 0 Å². The van der Waals surface area contributed by atoms with Crippen LogP contribution >= 0.6 is 0 Å². The summed E-state index contributed by atoms with van der Waals surface area (Å²) >= 11 is 0. The van der Waals surface area contributed by atoms with Crippen molar-refractivity contribution < 1.29 is 9.21 Å². The number of aryl methyl sites for hydroxylation is 1. The van der Waals surface area contributed by atoms with Gasteiger partial charge in [0.2, 0.25) is 0 Å². The quantitative estimate of drug-likeness (QED) is 0.630. The molecule has 0 radical (unpaired) electrons. The zero-order valence-electron chi connectivity index (χ0n) is 7.04. The third kappa shape index (κ3) is 1.02. The van der Waals surface area contributed by atoms with E-state index in [0.29, 0.717) is 11.3 Å². The van der Waals surface area contributed by atoms with Crippen molar-refractivity contribution in [2.75, 3.05) is 13.1 Å². The van der Waals surface area contributed by atoms with E-state index in [-0.39, 0.29) is 5.91 Å². The van der Waals surface area contributed by atoms with Crippen LogP contribution in [0.2, 0.25) is 0 Å². The van der Waals surface area contributed by atoms with Gasteiger partial charge in [-0.3, -0.25) is 4.79 Å². The fourth-order valence-electron chi connectivity index (χ4n) is 1.30. The minimum atomic E-state index is 0.104. The first-order chi connectivity index (χ1) is 5.79. The van der Waals surface area contributed by atoms with Crippen molar-refractivity contribution in [1.29, 1.82) is 0 Å². The molecular weight excluding hydrogens is 154 g/mol. The van der Waals surface area contributed by atoms with Crippen LogP contribution in [0.3, 0.4) is 0 Å². The zero-order valence-corrected chi connectivity index (χ0v) is 7.04. The van der Waals surface area contributed by atoms with Crippen LogP contribution in [-0.4, -0.2) is 23.9 Å². The van der Waals surface area contributed by atoms with E-state index in [1.165, 1.54) is 0 Å². The standard InChI is InChI=1S/C9H11NO2/c1-7-8(3-6-12-7)9(11)10-4-2-5-10/h3,6H,2,4-5H2,1H3. The van der Waals surface area contributed by atoms with Crippen LogP contribution in [0.15, 0.2) is 16.7 Å². The number of hydrogen-bond donors (Lipinski definition) is 0. The highest BCUT2D eigenvalue weighted by Crippen LogP contribution is 2.15. The Labute approximate surface area is 71.0 Å². The fourth-order valence-corrected chi connectivity index (χ4v) is 1.30. The smallest absolute Gasteiger partial charge is 0.257 e. The number of furan rings is 1. The van der Waals surface area contributed by atoms with Gasteiger partial charge in [0.25, 0.3) is 5.91 Å². The van der Waals surface area contributed by atoms with Crippen LogP contribution in [0.25, 0.3) is 0 Å². The Balaban J connectivity index is 2.19. The molecule has 1 fully saturated rings. The molecule has 0 atom stereocenters. The predicted molar refractivity (Wildman–Crippen MR) is 44.0 cm³/mol. The van der Waals surface area contributed by atoms with Gasteiger partial charge < -0.3 is 9.32 Å². The summed E-state index contributed by atoms with van der Waals surface area (Å²) in [6, 6.07) is 1.73. The number of nitrogens with zero attached hydrogens (tertiary/aromatic N) is 1. The molecule has 64 valence electrons. The van der Waals surface area contributed by atoms with E-state index in [2.05, 4.69) is 0 Å². The Morgan fingerprint density at radius 3 is 2.75 bits per heavy atom. The topological polar surface area (TPSA) is 33.5 Å². The van der Waals surface area contributed by atoms with E-state index < -0.39 is 0 Å². The lowest BCUT2D eigenvalue weighted by molar-refractivity contribution is 0.0650. The average molecular weight is 165 g/mol. The summed E-state index contributed by atoms with van der Waals surface area (Å²) in [5, 5.41) is 0. The fraction of sp³-hybridized carbons (Fsp3) is 0.444. The molecular formula is C9H11NO2. The van der Waals surface area contributed by atoms with Gasteiger partial charge >= 0.3 is 0 Å². The highest BCUT2D eigenvalue weighted by Gasteiger charge is 2.23. The third-order valence-electron chi connectivity index (χ3n) is 2.23. The Morgan fingerprint density at radius 1 is 1.58 bits per heavy atom. The molecule has 0 aliphatic carbocycles. The van der Waals surface area contributed by atoms with Crippen LogP contribution in [0, 0.1) is 6.92 Å². The predicted octanol–water partition coefficient (Wildman–Crippen LogP) is 1.43. The number of rotatable bonds is 1. The van der Waals surface area contributed by atoms with Gasteiger partial charge in [-0.1, -0.05) is 0 Å². The molecule has 2 rings (SSSR count). The maximum atomic E-state index is 11.6. The van der Waals surface area contributed by atoms with E-state index in [9.17, 15) is 4.79 Å². The van der Waals surface area contributed by atoms with Crippen LogP contribution in [0.1, 0.15) is 22.5 Å². The summed E-state index contributed by atoms with van der Waals surface area (Å²) in [6.45, 7) is 3.60. The number of carbonyl (C=O) groups excluding carboxylic acids is 1. The summed E-state index contributed by atoms with van der Waals surface area (Å²) in [5.74, 6) is 0.819. The van der Waals surface area contributed by atoms with E-state index in [1.807, 2.05) is 11.8 Å². The molecule has 0 aromatic carbocycles. The van der Waals surface area contributed by atoms with Crippen LogP contribution in [0.5, 0.6) is 0 Å². The molecule has 3 nitrogen and oxygen atoms in total. The first-order valence-electron chi connectivity index (χ1n) is 4.12. The molecule has 1 aromatic rings. The van der Waals surface area contributed by atoms with Crippen LogP contribution in [-0.2, 0) is 0 Å². The third-order valence-corrected chi connectivity index (χ3v) is 2.23. The van der Waals surface area contributed by atoms with Gasteiger partial charge in [0, 0.05) is 13.1 Å². The van der Waals surface area contributed by atoms with Crippen molar-refractivity contribution in [2.45, 2.75) is 13.3 Å². The molecule has 1 saturated heterocycles. The molecule has 12 heavy (non-hydrogen) atoms. The maximum absolute atomic E-state index is 11.6. The lowest BCUT2D eigenvalue weighted by Gasteiger charge is -2.30. The van der Waals surface area contributed by atoms with Gasteiger partial charge in [-0.05, 0) is 19.4 Å². The maximum Gasteiger partial charge on any atom is 0.257 e. The average Bonchev–Trinajstić information content (AvgIpc) is 2.31. The van der Waals surface area contributed by atoms with Crippen molar-refractivity contribution in [3.8, 4) is 0 Å². The molecule has 1 aliphatic rings. The van der Waals surface area contributed by atoms with Crippen molar-refractivity contribution >= 4 is 5.91 Å². The molecule has 0 N–H and O–H groups in total. The number of likely N-dealkylation sites (tertiary alicyclic amines) is 1. The lowest BCUT2D eigenvalue weighted by Crippen LogP contribution is -2.42. The SMILES string of the molecule is Cc1occc1C(=O)N1CCC1. The van der Waals surface area contributed by atoms with Gasteiger partial charge in [0.05, 0.1) is 11.8 Å². The van der Waals surface area contributed by atoms with Crippen molar-refractivity contribution in [1.82, 2.24) is 4.90 Å². The molecule has 0 saturated carbocycles. The molecule has 3 heteroatoms. The van der Waals surface area contributed by atoms with Crippen LogP contribution < -0.4 is 0 Å². The van der Waals surface area contributed by atoms with Gasteiger partial charge in [-0.2, -0.15) is 0 Å². The molecule has 0 spiro atoms. The van der Waals surface area contributed by atoms with Crippen molar-refractivity contribution in [2.24, 2.45) is 0 Å². The zero-order chi connectivity index (χ0) is 8.55. The second kappa shape index (κ2) is 2.66.